The number of carbonyl (C=O) groups excluding carboxylic acids is 2. The van der Waals surface area contributed by atoms with Crippen molar-refractivity contribution in [2.45, 2.75) is 63.5 Å². The molecule has 3 aromatic rings. The Morgan fingerprint density at radius 3 is 2.24 bits per heavy atom. The van der Waals surface area contributed by atoms with Crippen LogP contribution in [-0.2, 0) is 31.0 Å². The van der Waals surface area contributed by atoms with Gasteiger partial charge in [-0.3, -0.25) is 14.5 Å². The van der Waals surface area contributed by atoms with Gasteiger partial charge in [-0.2, -0.15) is 12.7 Å². The predicted octanol–water partition coefficient (Wildman–Crippen LogP) is 4.38. The molecule has 0 unspecified atom stereocenters. The zero-order valence-corrected chi connectivity index (χ0v) is 29.5. The van der Waals surface area contributed by atoms with E-state index in [2.05, 4.69) is 38.5 Å². The maximum Gasteiger partial charge on any atom is 0.304 e. The summed E-state index contributed by atoms with van der Waals surface area (Å²) < 4.78 is 42.9. The lowest BCUT2D eigenvalue weighted by molar-refractivity contribution is -0.129. The van der Waals surface area contributed by atoms with Crippen LogP contribution in [0.15, 0.2) is 48.0 Å². The first-order chi connectivity index (χ1) is 24.4. The van der Waals surface area contributed by atoms with Gasteiger partial charge in [0.15, 0.2) is 0 Å². The lowest BCUT2D eigenvalue weighted by Gasteiger charge is -2.40. The molecule has 0 spiro atoms. The molecule has 50 heavy (non-hydrogen) atoms. The van der Waals surface area contributed by atoms with Crippen LogP contribution in [0, 0.1) is 0 Å². The lowest BCUT2D eigenvalue weighted by Crippen LogP contribution is -2.50. The van der Waals surface area contributed by atoms with Crippen molar-refractivity contribution >= 4 is 39.0 Å². The van der Waals surface area contributed by atoms with Crippen molar-refractivity contribution in [2.75, 3.05) is 65.7 Å². The molecule has 0 bridgehead atoms. The number of hydrogen-bond acceptors (Lipinski definition) is 7. The SMILES string of the molecule is O=C(NS(=O)(=O)N1CCOCC1)c1ccc2c(C3CCCCC3)c3n(c2c1)CC(C(=O)N1CCC(N2CCOCC2)CC1)=Cc1ccccc1-3. The van der Waals surface area contributed by atoms with Crippen molar-refractivity contribution in [2.24, 2.45) is 0 Å². The van der Waals surface area contributed by atoms with Crippen molar-refractivity contribution in [1.82, 2.24) is 23.4 Å². The smallest absolute Gasteiger partial charge is 0.304 e. The Kier molecular flexibility index (Phi) is 9.56. The van der Waals surface area contributed by atoms with E-state index in [0.29, 0.717) is 44.8 Å². The molecular formula is C38H47N5O6S. The maximum absolute atomic E-state index is 14.4. The summed E-state index contributed by atoms with van der Waals surface area (Å²) in [6, 6.07) is 14.3. The largest absolute Gasteiger partial charge is 0.379 e. The highest BCUT2D eigenvalue weighted by atomic mass is 32.2. The molecule has 2 aromatic carbocycles. The van der Waals surface area contributed by atoms with Gasteiger partial charge in [-0.25, -0.2) is 4.72 Å². The number of carbonyl (C=O) groups is 2. The number of piperidine rings is 1. The second kappa shape index (κ2) is 14.2. The van der Waals surface area contributed by atoms with E-state index in [9.17, 15) is 18.0 Å². The van der Waals surface area contributed by atoms with E-state index in [1.165, 1.54) is 29.1 Å². The van der Waals surface area contributed by atoms with Gasteiger partial charge < -0.3 is 18.9 Å². The minimum absolute atomic E-state index is 0.0552. The van der Waals surface area contributed by atoms with E-state index in [1.54, 1.807) is 6.07 Å². The molecule has 12 heteroatoms. The quantitative estimate of drug-likeness (QED) is 0.406. The van der Waals surface area contributed by atoms with E-state index in [1.807, 2.05) is 23.1 Å². The summed E-state index contributed by atoms with van der Waals surface area (Å²) in [6.45, 7) is 6.24. The van der Waals surface area contributed by atoms with Crippen molar-refractivity contribution in [3.8, 4) is 11.3 Å². The molecule has 4 fully saturated rings. The molecule has 5 heterocycles. The summed E-state index contributed by atoms with van der Waals surface area (Å²) in [5.74, 6) is -0.259. The average Bonchev–Trinajstić information content (AvgIpc) is 3.37. The summed E-state index contributed by atoms with van der Waals surface area (Å²) in [7, 11) is -4.02. The Balaban J connectivity index is 1.16. The second-order valence-corrected chi connectivity index (χ2v) is 16.0. The number of likely N-dealkylation sites (tertiary alicyclic amines) is 1. The summed E-state index contributed by atoms with van der Waals surface area (Å²) >= 11 is 0. The number of nitrogens with one attached hydrogen (secondary N) is 1. The number of fused-ring (bicyclic) bond motifs is 5. The van der Waals surface area contributed by atoms with E-state index in [-0.39, 0.29) is 24.6 Å². The molecule has 0 radical (unpaired) electrons. The monoisotopic (exact) mass is 701 g/mol. The Bertz CT molecular complexity index is 1900. The molecule has 2 amide bonds. The van der Waals surface area contributed by atoms with Crippen LogP contribution in [0.5, 0.6) is 0 Å². The number of ether oxygens (including phenoxy) is 2. The van der Waals surface area contributed by atoms with Crippen LogP contribution in [0.1, 0.15) is 72.3 Å². The van der Waals surface area contributed by atoms with E-state index in [0.717, 1.165) is 85.3 Å². The first kappa shape index (κ1) is 33.6. The van der Waals surface area contributed by atoms with Gasteiger partial charge in [-0.15, -0.1) is 0 Å². The Hall–Kier alpha value is -3.55. The Morgan fingerprint density at radius 1 is 0.800 bits per heavy atom. The number of amides is 2. The number of hydrogen-bond donors (Lipinski definition) is 1. The van der Waals surface area contributed by atoms with Crippen LogP contribution in [0.25, 0.3) is 28.2 Å². The van der Waals surface area contributed by atoms with Crippen molar-refractivity contribution in [3.63, 3.8) is 0 Å². The molecule has 11 nitrogen and oxygen atoms in total. The average molecular weight is 702 g/mol. The van der Waals surface area contributed by atoms with Crippen LogP contribution in [0.3, 0.4) is 0 Å². The molecule has 4 aliphatic heterocycles. The highest BCUT2D eigenvalue weighted by molar-refractivity contribution is 7.87. The standard InChI is InChI=1S/C38H47N5O6S/c44-37(39-50(46,47)42-18-22-49-23-19-42)29-10-11-33-34(25-29)43-26-30(38(45)41-14-12-31(13-15-41)40-16-20-48-21-17-40)24-28-8-4-5-9-32(28)36(43)35(33)27-6-2-1-3-7-27/h4-5,8-11,24-25,27,31H,1-3,6-7,12-23,26H2,(H,39,44). The van der Waals surface area contributed by atoms with E-state index >= 15 is 0 Å². The molecule has 1 aromatic heterocycles. The van der Waals surface area contributed by atoms with Crippen molar-refractivity contribution < 1.29 is 27.5 Å². The van der Waals surface area contributed by atoms with E-state index in [4.69, 9.17) is 9.47 Å². The molecule has 5 aliphatic rings. The molecule has 266 valence electrons. The molecular weight excluding hydrogens is 655 g/mol. The van der Waals surface area contributed by atoms with Gasteiger partial charge in [0.05, 0.1) is 38.7 Å². The predicted molar refractivity (Wildman–Crippen MR) is 192 cm³/mol. The Labute approximate surface area is 294 Å². The third-order valence-corrected chi connectivity index (χ3v) is 12.9. The number of rotatable bonds is 6. The second-order valence-electron chi connectivity index (χ2n) is 14.3. The van der Waals surface area contributed by atoms with Gasteiger partial charge in [0, 0.05) is 72.9 Å². The topological polar surface area (TPSA) is 113 Å². The van der Waals surface area contributed by atoms with Crippen LogP contribution in [-0.4, -0.2) is 111 Å². The van der Waals surface area contributed by atoms with Crippen LogP contribution in [0.4, 0.5) is 0 Å². The Morgan fingerprint density at radius 2 is 1.50 bits per heavy atom. The molecule has 1 aliphatic carbocycles. The number of aromatic nitrogens is 1. The van der Waals surface area contributed by atoms with Gasteiger partial charge in [-0.1, -0.05) is 49.6 Å². The van der Waals surface area contributed by atoms with Gasteiger partial charge in [0.25, 0.3) is 11.8 Å². The number of morpholine rings is 2. The summed E-state index contributed by atoms with van der Waals surface area (Å²) in [4.78, 5) is 32.5. The number of benzene rings is 2. The van der Waals surface area contributed by atoms with E-state index < -0.39 is 16.1 Å². The van der Waals surface area contributed by atoms with Gasteiger partial charge in [0.2, 0.25) is 0 Å². The molecule has 1 saturated carbocycles. The van der Waals surface area contributed by atoms with Crippen LogP contribution in [0.2, 0.25) is 0 Å². The fourth-order valence-corrected chi connectivity index (χ4v) is 9.87. The summed E-state index contributed by atoms with van der Waals surface area (Å²) in [5, 5.41) is 1.06. The number of nitrogens with zero attached hydrogens (tertiary/aromatic N) is 4. The van der Waals surface area contributed by atoms with Gasteiger partial charge >= 0.3 is 10.2 Å². The van der Waals surface area contributed by atoms with Crippen molar-refractivity contribution in [3.05, 3.63) is 64.7 Å². The normalized spacial score (nSPS) is 21.7. The molecule has 8 rings (SSSR count). The zero-order chi connectivity index (χ0) is 34.2. The minimum atomic E-state index is -4.02. The third-order valence-electron chi connectivity index (χ3n) is 11.4. The van der Waals surface area contributed by atoms with Gasteiger partial charge in [0.1, 0.15) is 0 Å². The third kappa shape index (κ3) is 6.52. The summed E-state index contributed by atoms with van der Waals surface area (Å²) in [6.07, 6.45) is 9.71. The van der Waals surface area contributed by atoms with Crippen LogP contribution < -0.4 is 4.72 Å². The fraction of sp³-hybridized carbons (Fsp3) is 0.526. The first-order valence-corrected chi connectivity index (χ1v) is 19.8. The molecule has 3 saturated heterocycles. The van der Waals surface area contributed by atoms with Crippen LogP contribution >= 0.6 is 0 Å². The maximum atomic E-state index is 14.4. The summed E-state index contributed by atoms with van der Waals surface area (Å²) in [5.41, 5.74) is 6.31. The molecule has 0 atom stereocenters. The molecule has 1 N–H and O–H groups in total. The minimum Gasteiger partial charge on any atom is -0.379 e. The first-order valence-electron chi connectivity index (χ1n) is 18.3. The zero-order valence-electron chi connectivity index (χ0n) is 28.6. The van der Waals surface area contributed by atoms with Crippen molar-refractivity contribution in [1.29, 1.82) is 0 Å². The highest BCUT2D eigenvalue weighted by Crippen LogP contribution is 2.46. The van der Waals surface area contributed by atoms with Gasteiger partial charge in [-0.05, 0) is 60.9 Å². The highest BCUT2D eigenvalue weighted by Gasteiger charge is 2.34. The lowest BCUT2D eigenvalue weighted by atomic mass is 9.81. The fourth-order valence-electron chi connectivity index (χ4n) is 8.76.